The highest BCUT2D eigenvalue weighted by Crippen LogP contribution is 2.32. The minimum absolute atomic E-state index is 0.148. The number of fused-ring (bicyclic) bond motifs is 1. The van der Waals surface area contributed by atoms with Gasteiger partial charge in [-0.15, -0.1) is 5.10 Å². The van der Waals surface area contributed by atoms with Crippen LogP contribution >= 0.6 is 11.8 Å². The molecule has 0 fully saturated rings. The van der Waals surface area contributed by atoms with Crippen LogP contribution in [0.3, 0.4) is 0 Å². The van der Waals surface area contributed by atoms with Gasteiger partial charge in [-0.1, -0.05) is 23.9 Å². The fourth-order valence-electron chi connectivity index (χ4n) is 2.65. The number of hydrogen-bond donors (Lipinski definition) is 1. The molecular weight excluding hydrogens is 364 g/mol. The fraction of sp³-hybridized carbons (Fsp3) is 0.167. The molecule has 2 aromatic heterocycles. The molecule has 2 heterocycles. The molecule has 0 amide bonds. The van der Waals surface area contributed by atoms with Crippen LogP contribution in [0.4, 0.5) is 0 Å². The molecule has 0 aliphatic carbocycles. The smallest absolute Gasteiger partial charge is 0.258 e. The third-order valence-corrected chi connectivity index (χ3v) is 5.10. The van der Waals surface area contributed by atoms with Crippen LogP contribution < -0.4 is 10.3 Å². The molecule has 1 N–H and O–H groups in total. The second-order valence-corrected chi connectivity index (χ2v) is 7.11. The van der Waals surface area contributed by atoms with E-state index in [0.717, 1.165) is 11.4 Å². The fourth-order valence-corrected chi connectivity index (χ4v) is 3.51. The van der Waals surface area contributed by atoms with Gasteiger partial charge in [0.2, 0.25) is 5.16 Å². The number of thioether (sulfide) groups is 1. The molecule has 0 aliphatic heterocycles. The van der Waals surface area contributed by atoms with Gasteiger partial charge in [-0.3, -0.25) is 4.79 Å². The van der Waals surface area contributed by atoms with Gasteiger partial charge in [0.05, 0.1) is 29.0 Å². The number of methoxy groups -OCH3 is 1. The first-order valence-corrected chi connectivity index (χ1v) is 9.12. The summed E-state index contributed by atoms with van der Waals surface area (Å²) in [5.41, 5.74) is 1.33. The van der Waals surface area contributed by atoms with Gasteiger partial charge in [-0.25, -0.2) is 4.98 Å². The van der Waals surface area contributed by atoms with E-state index in [9.17, 15) is 4.79 Å². The Morgan fingerprint density at radius 1 is 1.15 bits per heavy atom. The summed E-state index contributed by atoms with van der Waals surface area (Å²) in [6.45, 7) is 1.95. The number of aromatic nitrogens is 6. The Morgan fingerprint density at radius 2 is 1.93 bits per heavy atom. The maximum atomic E-state index is 12.3. The van der Waals surface area contributed by atoms with Crippen molar-refractivity contribution in [2.24, 2.45) is 0 Å². The van der Waals surface area contributed by atoms with Crippen molar-refractivity contribution in [2.75, 3.05) is 7.11 Å². The lowest BCUT2D eigenvalue weighted by Crippen LogP contribution is -2.13. The number of hydrogen-bond acceptors (Lipinski definition) is 7. The van der Waals surface area contributed by atoms with E-state index in [1.807, 2.05) is 49.4 Å². The Labute approximate surface area is 158 Å². The van der Waals surface area contributed by atoms with Gasteiger partial charge < -0.3 is 9.72 Å². The predicted octanol–water partition coefficient (Wildman–Crippen LogP) is 2.76. The monoisotopic (exact) mass is 380 g/mol. The van der Waals surface area contributed by atoms with Crippen molar-refractivity contribution in [3.05, 3.63) is 64.7 Å². The third-order valence-electron chi connectivity index (χ3n) is 4.06. The van der Waals surface area contributed by atoms with Crippen LogP contribution in [-0.2, 0) is 0 Å². The lowest BCUT2D eigenvalue weighted by atomic mass is 10.2. The number of H-pyrrole nitrogens is 1. The molecule has 0 saturated heterocycles. The number of nitrogens with one attached hydrogen (secondary N) is 1. The Morgan fingerprint density at radius 3 is 2.70 bits per heavy atom. The van der Waals surface area contributed by atoms with Gasteiger partial charge in [-0.05, 0) is 53.7 Å². The zero-order valence-electron chi connectivity index (χ0n) is 14.7. The number of nitrogens with zero attached hydrogens (tertiary/aromatic N) is 5. The minimum atomic E-state index is -0.155. The maximum Gasteiger partial charge on any atom is 0.258 e. The van der Waals surface area contributed by atoms with Crippen molar-refractivity contribution in [1.29, 1.82) is 0 Å². The normalized spacial score (nSPS) is 12.2. The Balaban J connectivity index is 1.63. The van der Waals surface area contributed by atoms with Gasteiger partial charge in [0.25, 0.3) is 5.56 Å². The summed E-state index contributed by atoms with van der Waals surface area (Å²) < 4.78 is 6.82. The van der Waals surface area contributed by atoms with Crippen LogP contribution in [0.5, 0.6) is 5.75 Å². The van der Waals surface area contributed by atoms with E-state index in [1.54, 1.807) is 17.9 Å². The molecule has 0 aliphatic rings. The second kappa shape index (κ2) is 7.20. The van der Waals surface area contributed by atoms with Crippen LogP contribution in [0.1, 0.15) is 18.0 Å². The minimum Gasteiger partial charge on any atom is -0.497 e. The maximum absolute atomic E-state index is 12.3. The number of tetrazole rings is 1. The van der Waals surface area contributed by atoms with Crippen molar-refractivity contribution in [3.8, 4) is 11.4 Å². The molecule has 2 aromatic carbocycles. The summed E-state index contributed by atoms with van der Waals surface area (Å²) in [6, 6.07) is 14.7. The van der Waals surface area contributed by atoms with Crippen molar-refractivity contribution < 1.29 is 4.74 Å². The van der Waals surface area contributed by atoms with E-state index in [0.29, 0.717) is 21.9 Å². The number of para-hydroxylation sites is 1. The Bertz CT molecular complexity index is 1140. The standard InChI is InChI=1S/C18H16N6O2S/c1-11(16-19-15-6-4-3-5-14(15)17(25)20-16)27-18-21-22-23-24(18)12-7-9-13(26-2)10-8-12/h3-11H,1-2H3,(H,19,20,25). The first-order valence-electron chi connectivity index (χ1n) is 8.24. The summed E-state index contributed by atoms with van der Waals surface area (Å²) >= 11 is 1.41. The summed E-state index contributed by atoms with van der Waals surface area (Å²) in [5, 5.41) is 13.0. The average Bonchev–Trinajstić information content (AvgIpc) is 3.16. The zero-order chi connectivity index (χ0) is 18.8. The highest BCUT2D eigenvalue weighted by molar-refractivity contribution is 7.99. The van der Waals surface area contributed by atoms with Crippen molar-refractivity contribution in [2.45, 2.75) is 17.3 Å². The van der Waals surface area contributed by atoms with Crippen molar-refractivity contribution in [3.63, 3.8) is 0 Å². The van der Waals surface area contributed by atoms with Gasteiger partial charge in [0, 0.05) is 0 Å². The number of aromatic amines is 1. The largest absolute Gasteiger partial charge is 0.497 e. The van der Waals surface area contributed by atoms with Gasteiger partial charge in [0.1, 0.15) is 11.6 Å². The first-order chi connectivity index (χ1) is 13.2. The van der Waals surface area contributed by atoms with E-state index in [1.165, 1.54) is 11.8 Å². The number of rotatable bonds is 5. The quantitative estimate of drug-likeness (QED) is 0.532. The zero-order valence-corrected chi connectivity index (χ0v) is 15.5. The molecule has 4 aromatic rings. The van der Waals surface area contributed by atoms with E-state index >= 15 is 0 Å². The lowest BCUT2D eigenvalue weighted by molar-refractivity contribution is 0.414. The van der Waals surface area contributed by atoms with Gasteiger partial charge in [0.15, 0.2) is 0 Å². The van der Waals surface area contributed by atoms with E-state index in [4.69, 9.17) is 4.74 Å². The van der Waals surface area contributed by atoms with Crippen LogP contribution in [0.15, 0.2) is 58.5 Å². The number of benzene rings is 2. The molecule has 1 unspecified atom stereocenters. The summed E-state index contributed by atoms with van der Waals surface area (Å²) in [7, 11) is 1.62. The van der Waals surface area contributed by atoms with Crippen LogP contribution in [0.2, 0.25) is 0 Å². The number of ether oxygens (including phenoxy) is 1. The predicted molar refractivity (Wildman–Crippen MR) is 102 cm³/mol. The van der Waals surface area contributed by atoms with E-state index in [2.05, 4.69) is 25.5 Å². The molecular formula is C18H16N6O2S. The molecule has 9 heteroatoms. The third kappa shape index (κ3) is 3.41. The molecule has 8 nitrogen and oxygen atoms in total. The average molecular weight is 380 g/mol. The molecule has 27 heavy (non-hydrogen) atoms. The first kappa shape index (κ1) is 17.2. The van der Waals surface area contributed by atoms with E-state index < -0.39 is 0 Å². The molecule has 0 radical (unpaired) electrons. The molecule has 1 atom stereocenters. The summed E-state index contributed by atoms with van der Waals surface area (Å²) in [5.74, 6) is 1.33. The van der Waals surface area contributed by atoms with Crippen molar-refractivity contribution >= 4 is 22.7 Å². The molecule has 0 saturated carbocycles. The molecule has 4 rings (SSSR count). The van der Waals surface area contributed by atoms with E-state index in [-0.39, 0.29) is 10.8 Å². The molecule has 136 valence electrons. The lowest BCUT2D eigenvalue weighted by Gasteiger charge is -2.11. The van der Waals surface area contributed by atoms with Crippen LogP contribution in [0.25, 0.3) is 16.6 Å². The topological polar surface area (TPSA) is 98.6 Å². The van der Waals surface area contributed by atoms with Gasteiger partial charge in [-0.2, -0.15) is 4.68 Å². The Hall–Kier alpha value is -3.20. The highest BCUT2D eigenvalue weighted by atomic mass is 32.2. The second-order valence-electron chi connectivity index (χ2n) is 5.80. The van der Waals surface area contributed by atoms with Crippen LogP contribution in [-0.4, -0.2) is 37.3 Å². The Kier molecular flexibility index (Phi) is 4.59. The molecule has 0 spiro atoms. The van der Waals surface area contributed by atoms with Crippen molar-refractivity contribution in [1.82, 2.24) is 30.2 Å². The summed E-state index contributed by atoms with van der Waals surface area (Å²) in [6.07, 6.45) is 0. The van der Waals surface area contributed by atoms with Gasteiger partial charge >= 0.3 is 0 Å². The van der Waals surface area contributed by atoms with Crippen LogP contribution in [0, 0.1) is 0 Å². The summed E-state index contributed by atoms with van der Waals surface area (Å²) in [4.78, 5) is 19.7. The molecule has 0 bridgehead atoms. The SMILES string of the molecule is COc1ccc(-n2nnnc2SC(C)c2nc3ccccc3c(=O)[nH]2)cc1. The highest BCUT2D eigenvalue weighted by Gasteiger charge is 2.17.